The topological polar surface area (TPSA) is 118 Å². The summed E-state index contributed by atoms with van der Waals surface area (Å²) in [5, 5.41) is 23.0. The molecule has 1 aromatic carbocycles. The van der Waals surface area contributed by atoms with E-state index in [1.807, 2.05) is 18.2 Å². The number of aliphatic hydroxyl groups excluding tert-OH is 2. The minimum Gasteiger partial charge on any atom is -0.482 e. The van der Waals surface area contributed by atoms with Gasteiger partial charge in [0.1, 0.15) is 18.0 Å². The van der Waals surface area contributed by atoms with Crippen LogP contribution in [-0.4, -0.2) is 91.8 Å². The molecule has 3 N–H and O–H groups in total. The molecule has 0 spiro atoms. The standard InChI is InChI=1S/C23H31IN2O7/c1-31-11-8-26(23(30)15-6-10-32-14-15)18-12-16(22(29)25-7-9-27)13-20(21(18)28)33-19-5-3-2-4-17(19)24/h2-5,13,15,18,20-21,27-28H,6-12,14H2,1H3,(H,25,29). The van der Waals surface area contributed by atoms with Gasteiger partial charge in [-0.3, -0.25) is 9.59 Å². The number of methoxy groups -OCH3 is 1. The second kappa shape index (κ2) is 12.7. The van der Waals surface area contributed by atoms with Crippen LogP contribution in [-0.2, 0) is 19.1 Å². The van der Waals surface area contributed by atoms with Gasteiger partial charge in [0.15, 0.2) is 0 Å². The minimum atomic E-state index is -1.06. The zero-order valence-corrected chi connectivity index (χ0v) is 20.8. The summed E-state index contributed by atoms with van der Waals surface area (Å²) in [5.74, 6) is -0.200. The Morgan fingerprint density at radius 3 is 2.79 bits per heavy atom. The number of nitrogens with zero attached hydrogens (tertiary/aromatic N) is 1. The molecule has 4 atom stereocenters. The van der Waals surface area contributed by atoms with Gasteiger partial charge in [-0.2, -0.15) is 0 Å². The van der Waals surface area contributed by atoms with Crippen molar-refractivity contribution >= 4 is 34.4 Å². The third-order valence-corrected chi connectivity index (χ3v) is 6.70. The monoisotopic (exact) mass is 574 g/mol. The average molecular weight is 574 g/mol. The Balaban J connectivity index is 1.91. The van der Waals surface area contributed by atoms with Gasteiger partial charge in [-0.1, -0.05) is 12.1 Å². The molecule has 0 radical (unpaired) electrons. The van der Waals surface area contributed by atoms with Gasteiger partial charge in [-0.25, -0.2) is 0 Å². The molecule has 9 nitrogen and oxygen atoms in total. The van der Waals surface area contributed by atoms with E-state index in [-0.39, 0.29) is 43.8 Å². The van der Waals surface area contributed by atoms with E-state index in [0.717, 1.165) is 3.57 Å². The lowest BCUT2D eigenvalue weighted by Crippen LogP contribution is -2.57. The predicted octanol–water partition coefficient (Wildman–Crippen LogP) is 0.718. The van der Waals surface area contributed by atoms with Gasteiger partial charge in [0.05, 0.1) is 35.4 Å². The molecule has 10 heteroatoms. The highest BCUT2D eigenvalue weighted by atomic mass is 127. The Morgan fingerprint density at radius 1 is 1.33 bits per heavy atom. The summed E-state index contributed by atoms with van der Waals surface area (Å²) >= 11 is 2.14. The third-order valence-electron chi connectivity index (χ3n) is 5.81. The van der Waals surface area contributed by atoms with E-state index < -0.39 is 18.2 Å². The number of carbonyl (C=O) groups is 2. The van der Waals surface area contributed by atoms with Crippen LogP contribution in [0.15, 0.2) is 35.9 Å². The fraction of sp³-hybridized carbons (Fsp3) is 0.565. The second-order valence-electron chi connectivity index (χ2n) is 8.03. The molecule has 1 saturated heterocycles. The van der Waals surface area contributed by atoms with Crippen LogP contribution in [0.25, 0.3) is 0 Å². The van der Waals surface area contributed by atoms with Gasteiger partial charge in [0.2, 0.25) is 11.8 Å². The molecule has 33 heavy (non-hydrogen) atoms. The van der Waals surface area contributed by atoms with Crippen molar-refractivity contribution in [2.75, 3.05) is 46.6 Å². The fourth-order valence-corrected chi connectivity index (χ4v) is 4.57. The lowest BCUT2D eigenvalue weighted by molar-refractivity contribution is -0.143. The summed E-state index contributed by atoms with van der Waals surface area (Å²) in [6.07, 6.45) is 0.486. The zero-order chi connectivity index (χ0) is 23.8. The summed E-state index contributed by atoms with van der Waals surface area (Å²) in [5.41, 5.74) is 0.396. The smallest absolute Gasteiger partial charge is 0.247 e. The maximum Gasteiger partial charge on any atom is 0.247 e. The van der Waals surface area contributed by atoms with Crippen molar-refractivity contribution in [1.82, 2.24) is 10.2 Å². The highest BCUT2D eigenvalue weighted by Gasteiger charge is 2.42. The number of aliphatic hydroxyl groups is 2. The normalized spacial score (nSPS) is 24.8. The van der Waals surface area contributed by atoms with Crippen molar-refractivity contribution in [1.29, 1.82) is 0 Å². The predicted molar refractivity (Wildman–Crippen MR) is 129 cm³/mol. The number of hydrogen-bond acceptors (Lipinski definition) is 7. The average Bonchev–Trinajstić information content (AvgIpc) is 3.36. The summed E-state index contributed by atoms with van der Waals surface area (Å²) in [4.78, 5) is 27.7. The van der Waals surface area contributed by atoms with Crippen LogP contribution in [0.2, 0.25) is 0 Å². The molecule has 1 heterocycles. The van der Waals surface area contributed by atoms with Gasteiger partial charge in [-0.05, 0) is 47.2 Å². The van der Waals surface area contributed by atoms with Gasteiger partial charge in [-0.15, -0.1) is 0 Å². The number of nitrogens with one attached hydrogen (secondary N) is 1. The van der Waals surface area contributed by atoms with E-state index in [4.69, 9.17) is 19.3 Å². The van der Waals surface area contributed by atoms with Crippen LogP contribution in [0.3, 0.4) is 0 Å². The summed E-state index contributed by atoms with van der Waals surface area (Å²) in [6.45, 7) is 1.35. The van der Waals surface area contributed by atoms with Crippen molar-refractivity contribution < 1.29 is 34.0 Å². The Labute approximate surface area is 207 Å². The van der Waals surface area contributed by atoms with E-state index >= 15 is 0 Å². The van der Waals surface area contributed by atoms with Crippen LogP contribution in [0, 0.1) is 9.49 Å². The molecular weight excluding hydrogens is 543 g/mol. The summed E-state index contributed by atoms with van der Waals surface area (Å²) < 4.78 is 17.6. The maximum absolute atomic E-state index is 13.3. The van der Waals surface area contributed by atoms with Gasteiger partial charge < -0.3 is 34.6 Å². The summed E-state index contributed by atoms with van der Waals surface area (Å²) in [7, 11) is 1.55. The Hall–Kier alpha value is -1.73. The van der Waals surface area contributed by atoms with Crippen molar-refractivity contribution in [3.63, 3.8) is 0 Å². The molecule has 2 amide bonds. The molecular formula is C23H31IN2O7. The number of benzene rings is 1. The van der Waals surface area contributed by atoms with Crippen molar-refractivity contribution in [2.24, 2.45) is 5.92 Å². The Bertz CT molecular complexity index is 844. The number of ether oxygens (including phenoxy) is 3. The number of carbonyl (C=O) groups excluding carboxylic acids is 2. The summed E-state index contributed by atoms with van der Waals surface area (Å²) in [6, 6.07) is 6.71. The molecule has 1 fully saturated rings. The first kappa shape index (κ1) is 25.9. The molecule has 0 saturated carbocycles. The van der Waals surface area contributed by atoms with Crippen LogP contribution in [0.1, 0.15) is 12.8 Å². The molecule has 2 aliphatic rings. The minimum absolute atomic E-state index is 0.108. The Morgan fingerprint density at radius 2 is 2.12 bits per heavy atom. The van der Waals surface area contributed by atoms with Crippen molar-refractivity contribution in [3.05, 3.63) is 39.5 Å². The fourth-order valence-electron chi connectivity index (χ4n) is 4.06. The number of hydrogen-bond donors (Lipinski definition) is 3. The van der Waals surface area contributed by atoms with Crippen LogP contribution in [0.4, 0.5) is 0 Å². The quantitative estimate of drug-likeness (QED) is 0.353. The van der Waals surface area contributed by atoms with E-state index in [1.165, 1.54) is 0 Å². The molecule has 0 bridgehead atoms. The largest absolute Gasteiger partial charge is 0.482 e. The second-order valence-corrected chi connectivity index (χ2v) is 9.19. The SMILES string of the molecule is COCCN(C(=O)C1CCOC1)C1CC(C(=O)NCCO)=CC(Oc2ccccc2I)C1O. The lowest BCUT2D eigenvalue weighted by atomic mass is 9.87. The molecule has 4 unspecified atom stereocenters. The van der Waals surface area contributed by atoms with Crippen LogP contribution in [0.5, 0.6) is 5.75 Å². The maximum atomic E-state index is 13.3. The Kier molecular flexibility index (Phi) is 9.93. The lowest BCUT2D eigenvalue weighted by Gasteiger charge is -2.41. The van der Waals surface area contributed by atoms with E-state index in [2.05, 4.69) is 27.9 Å². The van der Waals surface area contributed by atoms with E-state index in [1.54, 1.807) is 24.2 Å². The number of rotatable bonds is 10. The highest BCUT2D eigenvalue weighted by molar-refractivity contribution is 14.1. The number of amides is 2. The first-order valence-electron chi connectivity index (χ1n) is 11.0. The van der Waals surface area contributed by atoms with Crippen LogP contribution >= 0.6 is 22.6 Å². The van der Waals surface area contributed by atoms with E-state index in [9.17, 15) is 14.7 Å². The zero-order valence-electron chi connectivity index (χ0n) is 18.6. The molecule has 0 aromatic heterocycles. The van der Waals surface area contributed by atoms with Crippen molar-refractivity contribution in [2.45, 2.75) is 31.1 Å². The highest BCUT2D eigenvalue weighted by Crippen LogP contribution is 2.31. The van der Waals surface area contributed by atoms with Gasteiger partial charge in [0, 0.05) is 38.8 Å². The number of para-hydroxylation sites is 1. The molecule has 1 aromatic rings. The third kappa shape index (κ3) is 6.66. The van der Waals surface area contributed by atoms with Crippen molar-refractivity contribution in [3.8, 4) is 5.75 Å². The molecule has 182 valence electrons. The molecule has 3 rings (SSSR count). The first-order valence-corrected chi connectivity index (χ1v) is 12.1. The molecule has 1 aliphatic heterocycles. The van der Waals surface area contributed by atoms with E-state index in [0.29, 0.717) is 37.6 Å². The molecule has 1 aliphatic carbocycles. The first-order chi connectivity index (χ1) is 16.0. The van der Waals surface area contributed by atoms with Gasteiger partial charge >= 0.3 is 0 Å². The van der Waals surface area contributed by atoms with Crippen LogP contribution < -0.4 is 10.1 Å². The number of halogens is 1. The van der Waals surface area contributed by atoms with Gasteiger partial charge in [0.25, 0.3) is 0 Å².